The Kier molecular flexibility index (Phi) is 6.22. The zero-order valence-electron chi connectivity index (χ0n) is 18.2. The highest BCUT2D eigenvalue weighted by molar-refractivity contribution is 7.71. The zero-order chi connectivity index (χ0) is 22.8. The summed E-state index contributed by atoms with van der Waals surface area (Å²) < 4.78 is 29.4. The van der Waals surface area contributed by atoms with Gasteiger partial charge in [0.25, 0.3) is 0 Å². The van der Waals surface area contributed by atoms with Crippen LogP contribution in [0.15, 0.2) is 30.7 Å². The van der Waals surface area contributed by atoms with Gasteiger partial charge in [0.2, 0.25) is 10.3 Å². The summed E-state index contributed by atoms with van der Waals surface area (Å²) >= 11 is 0. The molecule has 5 rings (SSSR count). The fraction of sp³-hybridized carbons (Fsp3) is 0.429. The molecular weight excluding hydrogens is 444 g/mol. The molecule has 0 spiro atoms. The lowest BCUT2D eigenvalue weighted by atomic mass is 10.2. The first-order valence-electron chi connectivity index (χ1n) is 10.9. The molecule has 0 aromatic carbocycles. The van der Waals surface area contributed by atoms with Gasteiger partial charge in [-0.1, -0.05) is 0 Å². The highest BCUT2D eigenvalue weighted by Crippen LogP contribution is 2.26. The number of nitrogen functional groups attached to an aromatic ring is 1. The van der Waals surface area contributed by atoms with E-state index in [1.165, 1.54) is 5.49 Å². The SMILES string of the molecule is Nc1ccc(-c2cn3cc(CN4CCN(C=S(=O)=O)CC4)nc3c(N3CCOCC3)n2)cn1. The number of morpholine rings is 1. The second-order valence-electron chi connectivity index (χ2n) is 8.16. The maximum absolute atomic E-state index is 10.9. The van der Waals surface area contributed by atoms with E-state index in [4.69, 9.17) is 20.4 Å². The van der Waals surface area contributed by atoms with E-state index < -0.39 is 10.3 Å². The molecule has 11 nitrogen and oxygen atoms in total. The van der Waals surface area contributed by atoms with Crippen molar-refractivity contribution in [3.8, 4) is 11.3 Å². The molecule has 2 aliphatic heterocycles. The summed E-state index contributed by atoms with van der Waals surface area (Å²) in [6.45, 7) is 6.43. The van der Waals surface area contributed by atoms with Crippen molar-refractivity contribution >= 4 is 33.1 Å². The molecule has 3 aromatic heterocycles. The van der Waals surface area contributed by atoms with Gasteiger partial charge in [0.1, 0.15) is 11.3 Å². The van der Waals surface area contributed by atoms with Crippen molar-refractivity contribution in [1.29, 1.82) is 0 Å². The lowest BCUT2D eigenvalue weighted by molar-refractivity contribution is 0.122. The van der Waals surface area contributed by atoms with Crippen molar-refractivity contribution < 1.29 is 13.2 Å². The third-order valence-electron chi connectivity index (χ3n) is 5.89. The van der Waals surface area contributed by atoms with Crippen LogP contribution in [-0.2, 0) is 21.6 Å². The molecule has 2 saturated heterocycles. The molecule has 174 valence electrons. The molecule has 0 amide bonds. The van der Waals surface area contributed by atoms with Gasteiger partial charge in [0.05, 0.1) is 24.6 Å². The predicted octanol–water partition coefficient (Wildman–Crippen LogP) is -0.0335. The first-order chi connectivity index (χ1) is 16.0. The average Bonchev–Trinajstić information content (AvgIpc) is 3.23. The first-order valence-corrected chi connectivity index (χ1v) is 12.0. The minimum Gasteiger partial charge on any atom is -0.384 e. The van der Waals surface area contributed by atoms with Crippen molar-refractivity contribution in [3.63, 3.8) is 0 Å². The Morgan fingerprint density at radius 3 is 2.52 bits per heavy atom. The van der Waals surface area contributed by atoms with Gasteiger partial charge in [-0.3, -0.25) is 9.80 Å². The summed E-state index contributed by atoms with van der Waals surface area (Å²) in [6.07, 6.45) is 5.75. The van der Waals surface area contributed by atoms with Gasteiger partial charge in [0.15, 0.2) is 11.5 Å². The molecule has 0 aliphatic carbocycles. The van der Waals surface area contributed by atoms with Gasteiger partial charge in [-0.05, 0) is 12.1 Å². The van der Waals surface area contributed by atoms with Crippen molar-refractivity contribution in [3.05, 3.63) is 36.4 Å². The standard InChI is InChI=1S/C21H26N8O3S/c22-19-2-1-16(11-23-19)18-14-29-13-17(12-26-3-5-27(6-4-26)15-33(30)31)24-20(29)21(25-18)28-7-9-32-10-8-28/h1-2,11,13-15H,3-10,12H2,(H2,22,23). The Morgan fingerprint density at radius 2 is 1.82 bits per heavy atom. The van der Waals surface area contributed by atoms with Crippen LogP contribution in [0.2, 0.25) is 0 Å². The van der Waals surface area contributed by atoms with Crippen molar-refractivity contribution in [2.75, 3.05) is 63.1 Å². The van der Waals surface area contributed by atoms with Crippen LogP contribution in [0.25, 0.3) is 16.9 Å². The topological polar surface area (TPSA) is 122 Å². The van der Waals surface area contributed by atoms with Crippen LogP contribution in [-0.4, -0.2) is 95.5 Å². The Morgan fingerprint density at radius 1 is 1.03 bits per heavy atom. The van der Waals surface area contributed by atoms with Gasteiger partial charge in [-0.15, -0.1) is 0 Å². The number of hydrogen-bond acceptors (Lipinski definition) is 9. The Labute approximate surface area is 192 Å². The number of fused-ring (bicyclic) bond motifs is 1. The van der Waals surface area contributed by atoms with Crippen molar-refractivity contribution in [2.45, 2.75) is 6.54 Å². The normalized spacial score (nSPS) is 18.0. The predicted molar refractivity (Wildman–Crippen MR) is 125 cm³/mol. The molecule has 3 aromatic rings. The van der Waals surface area contributed by atoms with E-state index in [1.807, 2.05) is 27.8 Å². The molecule has 2 aliphatic rings. The molecule has 5 heterocycles. The van der Waals surface area contributed by atoms with E-state index >= 15 is 0 Å². The molecule has 0 saturated carbocycles. The number of rotatable bonds is 5. The third-order valence-corrected chi connectivity index (χ3v) is 6.36. The number of anilines is 2. The second kappa shape index (κ2) is 9.43. The molecule has 0 unspecified atom stereocenters. The van der Waals surface area contributed by atoms with Gasteiger partial charge in [-0.25, -0.2) is 15.0 Å². The minimum absolute atomic E-state index is 0.470. The maximum atomic E-state index is 10.9. The molecule has 0 radical (unpaired) electrons. The monoisotopic (exact) mass is 470 g/mol. The quantitative estimate of drug-likeness (QED) is 0.509. The fourth-order valence-electron chi connectivity index (χ4n) is 4.17. The Bertz CT molecular complexity index is 1250. The van der Waals surface area contributed by atoms with Gasteiger partial charge < -0.3 is 19.8 Å². The summed E-state index contributed by atoms with van der Waals surface area (Å²) in [6, 6.07) is 3.69. The van der Waals surface area contributed by atoms with Crippen LogP contribution >= 0.6 is 0 Å². The summed E-state index contributed by atoms with van der Waals surface area (Å²) in [7, 11) is -2.16. The smallest absolute Gasteiger partial charge is 0.225 e. The van der Waals surface area contributed by atoms with E-state index in [2.05, 4.69) is 14.8 Å². The highest BCUT2D eigenvalue weighted by Gasteiger charge is 2.21. The number of nitrogens with zero attached hydrogens (tertiary/aromatic N) is 7. The molecule has 0 bridgehead atoms. The van der Waals surface area contributed by atoms with Crippen LogP contribution < -0.4 is 10.6 Å². The van der Waals surface area contributed by atoms with Crippen molar-refractivity contribution in [2.24, 2.45) is 0 Å². The Balaban J connectivity index is 1.44. The van der Waals surface area contributed by atoms with Crippen LogP contribution in [0.3, 0.4) is 0 Å². The van der Waals surface area contributed by atoms with Crippen LogP contribution in [0.4, 0.5) is 11.6 Å². The number of imidazole rings is 1. The summed E-state index contributed by atoms with van der Waals surface area (Å²) in [5.74, 6) is 1.30. The van der Waals surface area contributed by atoms with E-state index in [-0.39, 0.29) is 0 Å². The van der Waals surface area contributed by atoms with Crippen LogP contribution in [0.1, 0.15) is 5.69 Å². The van der Waals surface area contributed by atoms with Gasteiger partial charge in [-0.2, -0.15) is 8.42 Å². The number of hydrogen-bond donors (Lipinski definition) is 1. The third kappa shape index (κ3) is 4.98. The summed E-state index contributed by atoms with van der Waals surface area (Å²) in [5.41, 5.74) is 10.5. The highest BCUT2D eigenvalue weighted by atomic mass is 32.2. The van der Waals surface area contributed by atoms with E-state index in [0.717, 1.165) is 54.6 Å². The molecule has 33 heavy (non-hydrogen) atoms. The lowest BCUT2D eigenvalue weighted by Gasteiger charge is -2.31. The number of ether oxygens (including phenoxy) is 1. The number of aromatic nitrogens is 4. The number of pyridine rings is 1. The van der Waals surface area contributed by atoms with Gasteiger partial charge >= 0.3 is 0 Å². The zero-order valence-corrected chi connectivity index (χ0v) is 19.0. The van der Waals surface area contributed by atoms with E-state index in [0.29, 0.717) is 38.7 Å². The number of nitrogens with two attached hydrogens (primary N) is 1. The lowest BCUT2D eigenvalue weighted by Crippen LogP contribution is -2.45. The largest absolute Gasteiger partial charge is 0.384 e. The van der Waals surface area contributed by atoms with Crippen LogP contribution in [0, 0.1) is 0 Å². The summed E-state index contributed by atoms with van der Waals surface area (Å²) in [5, 5.41) is 0. The van der Waals surface area contributed by atoms with Crippen molar-refractivity contribution in [1.82, 2.24) is 29.2 Å². The minimum atomic E-state index is -2.16. The molecule has 2 N–H and O–H groups in total. The molecular formula is C21H26N8O3S. The maximum Gasteiger partial charge on any atom is 0.225 e. The average molecular weight is 471 g/mol. The van der Waals surface area contributed by atoms with E-state index in [9.17, 15) is 8.42 Å². The summed E-state index contributed by atoms with van der Waals surface area (Å²) in [4.78, 5) is 20.4. The first kappa shape index (κ1) is 21.8. The molecule has 12 heteroatoms. The van der Waals surface area contributed by atoms with Crippen LogP contribution in [0.5, 0.6) is 0 Å². The second-order valence-corrected chi connectivity index (χ2v) is 8.89. The van der Waals surface area contributed by atoms with E-state index in [1.54, 1.807) is 12.3 Å². The fourth-order valence-corrected chi connectivity index (χ4v) is 4.62. The molecule has 2 fully saturated rings. The number of piperazine rings is 1. The Hall–Kier alpha value is -3.06. The molecule has 0 atom stereocenters. The van der Waals surface area contributed by atoms with Gasteiger partial charge in [0, 0.05) is 70.0 Å².